The van der Waals surface area contributed by atoms with Crippen LogP contribution in [0, 0.1) is 5.92 Å². The van der Waals surface area contributed by atoms with Gasteiger partial charge in [-0.3, -0.25) is 9.69 Å². The quantitative estimate of drug-likeness (QED) is 0.289. The first-order valence-corrected chi connectivity index (χ1v) is 11.7. The first-order valence-electron chi connectivity index (χ1n) is 11.7. The molecule has 0 bridgehead atoms. The summed E-state index contributed by atoms with van der Waals surface area (Å²) in [6, 6.07) is 21.9. The van der Waals surface area contributed by atoms with Gasteiger partial charge < -0.3 is 9.94 Å². The number of nitrogens with zero attached hydrogens (tertiary/aromatic N) is 2. The largest absolute Gasteiger partial charge is 0.481 e. The van der Waals surface area contributed by atoms with E-state index >= 15 is 0 Å². The number of carbonyl (C=O) groups is 1. The number of likely N-dealkylation sites (tertiary alicyclic amines) is 1. The van der Waals surface area contributed by atoms with Crippen molar-refractivity contribution in [2.24, 2.45) is 11.1 Å². The van der Waals surface area contributed by atoms with Gasteiger partial charge in [0.05, 0.1) is 23.2 Å². The number of halogens is 3. The molecule has 0 aromatic heterocycles. The molecule has 1 N–H and O–H groups in total. The molecule has 0 amide bonds. The molecule has 1 aliphatic rings. The summed E-state index contributed by atoms with van der Waals surface area (Å²) in [5.41, 5.74) is 1.76. The fourth-order valence-corrected chi connectivity index (χ4v) is 4.62. The molecule has 0 saturated carbocycles. The van der Waals surface area contributed by atoms with Crippen molar-refractivity contribution in [2.45, 2.75) is 32.2 Å². The number of rotatable bonds is 8. The molecule has 5 nitrogen and oxygen atoms in total. The van der Waals surface area contributed by atoms with E-state index < -0.39 is 23.6 Å². The van der Waals surface area contributed by atoms with Gasteiger partial charge in [0.15, 0.2) is 0 Å². The zero-order chi connectivity index (χ0) is 25.7. The van der Waals surface area contributed by atoms with E-state index in [0.717, 1.165) is 11.6 Å². The van der Waals surface area contributed by atoms with Crippen LogP contribution in [0.2, 0.25) is 0 Å². The van der Waals surface area contributed by atoms with Gasteiger partial charge in [0.2, 0.25) is 0 Å². The van der Waals surface area contributed by atoms with Crippen LogP contribution >= 0.6 is 0 Å². The molecule has 2 atom stereocenters. The van der Waals surface area contributed by atoms with Crippen molar-refractivity contribution in [3.8, 4) is 11.1 Å². The lowest BCUT2D eigenvalue weighted by atomic mass is 9.97. The van der Waals surface area contributed by atoms with E-state index in [9.17, 15) is 23.1 Å². The van der Waals surface area contributed by atoms with Gasteiger partial charge in [-0.1, -0.05) is 78.0 Å². The molecule has 8 heteroatoms. The molecule has 0 spiro atoms. The van der Waals surface area contributed by atoms with Crippen LogP contribution in [0.3, 0.4) is 0 Å². The van der Waals surface area contributed by atoms with E-state index in [1.165, 1.54) is 6.07 Å². The standard InChI is InChI=1S/C28H27F3N2O3/c1-19(26(22-10-6-3-7-11-22)33-15-14-23(17-33)27(34)35)32-36-18-20-12-13-24(21-8-4-2-5-9-21)25(16-20)28(29,30)31/h2-13,16,23,26H,14-15,17-18H2,1H3,(H,34,35). The fraction of sp³-hybridized carbons (Fsp3) is 0.286. The van der Waals surface area contributed by atoms with Gasteiger partial charge in [0.1, 0.15) is 6.61 Å². The Labute approximate surface area is 207 Å². The maximum absolute atomic E-state index is 13.8. The summed E-state index contributed by atoms with van der Waals surface area (Å²) in [4.78, 5) is 19.0. The number of oxime groups is 1. The van der Waals surface area contributed by atoms with E-state index in [1.807, 2.05) is 35.2 Å². The predicted octanol–water partition coefficient (Wildman–Crippen LogP) is 6.41. The number of benzene rings is 3. The zero-order valence-corrected chi connectivity index (χ0v) is 19.8. The van der Waals surface area contributed by atoms with Gasteiger partial charge in [0, 0.05) is 13.1 Å². The third kappa shape index (κ3) is 5.94. The Morgan fingerprint density at radius 3 is 2.36 bits per heavy atom. The second-order valence-electron chi connectivity index (χ2n) is 8.88. The molecule has 0 radical (unpaired) electrons. The van der Waals surface area contributed by atoms with Gasteiger partial charge in [-0.05, 0) is 41.7 Å². The Morgan fingerprint density at radius 2 is 1.75 bits per heavy atom. The monoisotopic (exact) mass is 496 g/mol. The third-order valence-electron chi connectivity index (χ3n) is 6.36. The molecule has 3 aromatic rings. The van der Waals surface area contributed by atoms with Crippen LogP contribution in [-0.4, -0.2) is 34.8 Å². The highest BCUT2D eigenvalue weighted by Gasteiger charge is 2.35. The molecule has 1 fully saturated rings. The van der Waals surface area contributed by atoms with Gasteiger partial charge in [-0.25, -0.2) is 0 Å². The summed E-state index contributed by atoms with van der Waals surface area (Å²) in [6.45, 7) is 2.64. The van der Waals surface area contributed by atoms with Crippen LogP contribution in [0.25, 0.3) is 11.1 Å². The summed E-state index contributed by atoms with van der Waals surface area (Å²) in [7, 11) is 0. The molecule has 3 aromatic carbocycles. The summed E-state index contributed by atoms with van der Waals surface area (Å²) in [5, 5.41) is 13.6. The second-order valence-corrected chi connectivity index (χ2v) is 8.88. The topological polar surface area (TPSA) is 62.1 Å². The molecule has 4 rings (SSSR count). The van der Waals surface area contributed by atoms with Crippen molar-refractivity contribution in [3.05, 3.63) is 95.6 Å². The normalized spacial score (nSPS) is 17.7. The Balaban J connectivity index is 1.53. The molecule has 1 aliphatic heterocycles. The van der Waals surface area contributed by atoms with E-state index in [-0.39, 0.29) is 18.2 Å². The van der Waals surface area contributed by atoms with Gasteiger partial charge in [-0.15, -0.1) is 0 Å². The maximum Gasteiger partial charge on any atom is 0.417 e. The third-order valence-corrected chi connectivity index (χ3v) is 6.36. The van der Waals surface area contributed by atoms with E-state index in [0.29, 0.717) is 36.3 Å². The van der Waals surface area contributed by atoms with Crippen molar-refractivity contribution in [1.82, 2.24) is 4.90 Å². The predicted molar refractivity (Wildman–Crippen MR) is 131 cm³/mol. The maximum atomic E-state index is 13.8. The van der Waals surface area contributed by atoms with Crippen molar-refractivity contribution < 1.29 is 27.9 Å². The summed E-state index contributed by atoms with van der Waals surface area (Å²) < 4.78 is 41.4. The van der Waals surface area contributed by atoms with E-state index in [4.69, 9.17) is 4.84 Å². The minimum Gasteiger partial charge on any atom is -0.481 e. The van der Waals surface area contributed by atoms with Crippen molar-refractivity contribution in [3.63, 3.8) is 0 Å². The molecule has 1 heterocycles. The number of aliphatic carboxylic acids is 1. The first-order chi connectivity index (χ1) is 17.2. The summed E-state index contributed by atoms with van der Waals surface area (Å²) in [5.74, 6) is -1.27. The summed E-state index contributed by atoms with van der Waals surface area (Å²) in [6.07, 6.45) is -3.98. The Kier molecular flexibility index (Phi) is 7.74. The number of carboxylic acids is 1. The highest BCUT2D eigenvalue weighted by molar-refractivity contribution is 5.88. The minimum absolute atomic E-state index is 0.109. The van der Waals surface area contributed by atoms with Crippen LogP contribution in [-0.2, 0) is 22.4 Å². The van der Waals surface area contributed by atoms with Crippen LogP contribution in [0.15, 0.2) is 84.0 Å². The molecular weight excluding hydrogens is 469 g/mol. The SMILES string of the molecule is CC(=NOCc1ccc(-c2ccccc2)c(C(F)(F)F)c1)C(c1ccccc1)N1CCC(C(=O)O)C1. The van der Waals surface area contributed by atoms with Gasteiger partial charge >= 0.3 is 12.1 Å². The Bertz CT molecular complexity index is 1210. The van der Waals surface area contributed by atoms with Gasteiger partial charge in [0.25, 0.3) is 0 Å². The fourth-order valence-electron chi connectivity index (χ4n) is 4.62. The lowest BCUT2D eigenvalue weighted by Crippen LogP contribution is -2.32. The lowest BCUT2D eigenvalue weighted by molar-refractivity contribution is -0.141. The minimum atomic E-state index is -4.52. The number of hydrogen-bond donors (Lipinski definition) is 1. The number of hydrogen-bond acceptors (Lipinski definition) is 4. The summed E-state index contributed by atoms with van der Waals surface area (Å²) >= 11 is 0. The number of carboxylic acid groups (broad SMARTS) is 1. The van der Waals surface area contributed by atoms with Crippen molar-refractivity contribution >= 4 is 11.7 Å². The number of alkyl halides is 3. The van der Waals surface area contributed by atoms with E-state index in [2.05, 4.69) is 5.16 Å². The Hall–Kier alpha value is -3.65. The molecule has 0 aliphatic carbocycles. The van der Waals surface area contributed by atoms with Crippen LogP contribution in [0.1, 0.15) is 36.1 Å². The van der Waals surface area contributed by atoms with Crippen LogP contribution in [0.4, 0.5) is 13.2 Å². The van der Waals surface area contributed by atoms with Crippen LogP contribution < -0.4 is 0 Å². The molecular formula is C28H27F3N2O3. The second kappa shape index (κ2) is 11.0. The Morgan fingerprint density at radius 1 is 1.08 bits per heavy atom. The molecule has 36 heavy (non-hydrogen) atoms. The molecule has 188 valence electrons. The zero-order valence-electron chi connectivity index (χ0n) is 19.8. The first kappa shape index (κ1) is 25.4. The smallest absolute Gasteiger partial charge is 0.417 e. The average Bonchev–Trinajstić information content (AvgIpc) is 3.35. The molecule has 2 unspecified atom stereocenters. The highest BCUT2D eigenvalue weighted by Crippen LogP contribution is 2.38. The van der Waals surface area contributed by atoms with E-state index in [1.54, 1.807) is 43.3 Å². The van der Waals surface area contributed by atoms with Crippen LogP contribution in [0.5, 0.6) is 0 Å². The van der Waals surface area contributed by atoms with Crippen molar-refractivity contribution in [2.75, 3.05) is 13.1 Å². The average molecular weight is 497 g/mol. The van der Waals surface area contributed by atoms with Crippen molar-refractivity contribution in [1.29, 1.82) is 0 Å². The highest BCUT2D eigenvalue weighted by atomic mass is 19.4. The van der Waals surface area contributed by atoms with Gasteiger partial charge in [-0.2, -0.15) is 13.2 Å². The lowest BCUT2D eigenvalue weighted by Gasteiger charge is -2.27. The molecule has 1 saturated heterocycles.